The highest BCUT2D eigenvalue weighted by Crippen LogP contribution is 2.26. The van der Waals surface area contributed by atoms with Crippen LogP contribution in [0.25, 0.3) is 0 Å². The second-order valence-electron chi connectivity index (χ2n) is 5.76. The summed E-state index contributed by atoms with van der Waals surface area (Å²) in [5.74, 6) is 0.297. The van der Waals surface area contributed by atoms with Gasteiger partial charge in [0.2, 0.25) is 5.91 Å². The Morgan fingerprint density at radius 2 is 2.22 bits per heavy atom. The molecule has 2 N–H and O–H groups in total. The van der Waals surface area contributed by atoms with Crippen LogP contribution < -0.4 is 5.73 Å². The maximum atomic E-state index is 12.5. The van der Waals surface area contributed by atoms with E-state index < -0.39 is 0 Å². The summed E-state index contributed by atoms with van der Waals surface area (Å²) in [4.78, 5) is 14.5. The average molecular weight is 250 g/mol. The Morgan fingerprint density at radius 3 is 2.89 bits per heavy atom. The molecule has 1 fully saturated rings. The van der Waals surface area contributed by atoms with Gasteiger partial charge in [0.05, 0.1) is 0 Å². The van der Waals surface area contributed by atoms with Crippen LogP contribution in [0.3, 0.4) is 0 Å². The van der Waals surface area contributed by atoms with Crippen molar-refractivity contribution < 1.29 is 4.79 Å². The first kappa shape index (κ1) is 13.6. The summed E-state index contributed by atoms with van der Waals surface area (Å²) in [6.45, 7) is 2.77. The number of piperidine rings is 1. The lowest BCUT2D eigenvalue weighted by Gasteiger charge is -2.40. The zero-order chi connectivity index (χ0) is 13.0. The van der Waals surface area contributed by atoms with Gasteiger partial charge >= 0.3 is 0 Å². The van der Waals surface area contributed by atoms with Crippen molar-refractivity contribution in [3.63, 3.8) is 0 Å². The first-order chi connectivity index (χ1) is 8.72. The van der Waals surface area contributed by atoms with Crippen molar-refractivity contribution in [3.05, 3.63) is 11.6 Å². The van der Waals surface area contributed by atoms with E-state index in [9.17, 15) is 4.79 Å². The van der Waals surface area contributed by atoms with Gasteiger partial charge in [-0.1, -0.05) is 11.6 Å². The van der Waals surface area contributed by atoms with E-state index >= 15 is 0 Å². The number of hydrogen-bond acceptors (Lipinski definition) is 2. The minimum atomic E-state index is 0.269. The summed E-state index contributed by atoms with van der Waals surface area (Å²) in [5.41, 5.74) is 7.17. The van der Waals surface area contributed by atoms with Crippen LogP contribution in [0.1, 0.15) is 58.3 Å². The highest BCUT2D eigenvalue weighted by Gasteiger charge is 2.30. The van der Waals surface area contributed by atoms with Crippen molar-refractivity contribution in [2.24, 2.45) is 5.73 Å². The molecule has 0 radical (unpaired) electrons. The second-order valence-corrected chi connectivity index (χ2v) is 5.76. The Kier molecular flexibility index (Phi) is 4.81. The fraction of sp³-hybridized carbons (Fsp3) is 0.800. The third-order valence-corrected chi connectivity index (χ3v) is 4.35. The third kappa shape index (κ3) is 3.14. The van der Waals surface area contributed by atoms with E-state index in [2.05, 4.69) is 17.9 Å². The molecule has 2 aliphatic rings. The summed E-state index contributed by atoms with van der Waals surface area (Å²) in [7, 11) is 0. The van der Waals surface area contributed by atoms with Crippen molar-refractivity contribution in [2.45, 2.75) is 70.4 Å². The average Bonchev–Trinajstić information content (AvgIpc) is 2.39. The van der Waals surface area contributed by atoms with Crippen LogP contribution in [0.4, 0.5) is 0 Å². The molecule has 3 nitrogen and oxygen atoms in total. The molecule has 2 rings (SSSR count). The molecule has 0 aromatic rings. The predicted molar refractivity (Wildman–Crippen MR) is 74.2 cm³/mol. The zero-order valence-electron chi connectivity index (χ0n) is 11.5. The van der Waals surface area contributed by atoms with Gasteiger partial charge in [-0.3, -0.25) is 4.79 Å². The maximum Gasteiger partial charge on any atom is 0.227 e. The van der Waals surface area contributed by atoms with E-state index in [1.807, 2.05) is 0 Å². The van der Waals surface area contributed by atoms with E-state index in [1.54, 1.807) is 0 Å². The number of likely N-dealkylation sites (tertiary alicyclic amines) is 1. The zero-order valence-corrected chi connectivity index (χ0v) is 11.5. The number of allylic oxidation sites excluding steroid dienone is 1. The lowest BCUT2D eigenvalue weighted by Crippen LogP contribution is -2.51. The first-order valence-electron chi connectivity index (χ1n) is 7.41. The van der Waals surface area contributed by atoms with Crippen LogP contribution in [-0.2, 0) is 4.79 Å². The Balaban J connectivity index is 1.98. The predicted octanol–water partition coefficient (Wildman–Crippen LogP) is 2.61. The Morgan fingerprint density at radius 1 is 1.39 bits per heavy atom. The monoisotopic (exact) mass is 250 g/mol. The van der Waals surface area contributed by atoms with Crippen LogP contribution in [-0.4, -0.2) is 29.4 Å². The lowest BCUT2D eigenvalue weighted by molar-refractivity contribution is -0.136. The quantitative estimate of drug-likeness (QED) is 0.783. The number of nitrogens with two attached hydrogens (primary N) is 1. The molecule has 0 bridgehead atoms. The topological polar surface area (TPSA) is 46.3 Å². The van der Waals surface area contributed by atoms with Gasteiger partial charge < -0.3 is 10.6 Å². The number of rotatable bonds is 3. The van der Waals surface area contributed by atoms with Gasteiger partial charge in [0.15, 0.2) is 0 Å². The highest BCUT2D eigenvalue weighted by molar-refractivity contribution is 5.79. The molecule has 1 heterocycles. The Labute approximate surface area is 110 Å². The van der Waals surface area contributed by atoms with Gasteiger partial charge in [-0.25, -0.2) is 0 Å². The smallest absolute Gasteiger partial charge is 0.227 e. The van der Waals surface area contributed by atoms with E-state index in [-0.39, 0.29) is 6.04 Å². The molecule has 18 heavy (non-hydrogen) atoms. The van der Waals surface area contributed by atoms with Crippen LogP contribution in [0.2, 0.25) is 0 Å². The lowest BCUT2D eigenvalue weighted by atomic mass is 9.93. The second kappa shape index (κ2) is 6.37. The minimum absolute atomic E-state index is 0.269. The minimum Gasteiger partial charge on any atom is -0.335 e. The van der Waals surface area contributed by atoms with E-state index in [4.69, 9.17) is 5.73 Å². The van der Waals surface area contributed by atoms with Crippen molar-refractivity contribution in [3.8, 4) is 0 Å². The van der Waals surface area contributed by atoms with Crippen LogP contribution in [0.15, 0.2) is 11.6 Å². The summed E-state index contributed by atoms with van der Waals surface area (Å²) in [6.07, 6.45) is 11.1. The van der Waals surface area contributed by atoms with Gasteiger partial charge in [0.1, 0.15) is 0 Å². The fourth-order valence-electron chi connectivity index (χ4n) is 3.32. The number of hydrogen-bond donors (Lipinski definition) is 1. The number of carbonyl (C=O) groups is 1. The molecular weight excluding hydrogens is 224 g/mol. The molecule has 3 heteroatoms. The Hall–Kier alpha value is -0.830. The summed E-state index contributed by atoms with van der Waals surface area (Å²) >= 11 is 0. The standard InChI is InChI=1S/C15H26N2O/c1-12-6-5-9-14(11-16)17(12)15(18)10-13-7-3-2-4-8-13/h7,12,14H,2-6,8-11,16H2,1H3. The highest BCUT2D eigenvalue weighted by atomic mass is 16.2. The number of carbonyl (C=O) groups excluding carboxylic acids is 1. The molecule has 1 aliphatic carbocycles. The van der Waals surface area contributed by atoms with Gasteiger partial charge in [-0.15, -0.1) is 0 Å². The van der Waals surface area contributed by atoms with Gasteiger partial charge in [-0.2, -0.15) is 0 Å². The summed E-state index contributed by atoms with van der Waals surface area (Å²) in [6, 6.07) is 0.634. The fourth-order valence-corrected chi connectivity index (χ4v) is 3.32. The molecule has 1 amide bonds. The van der Waals surface area contributed by atoms with E-state index in [0.29, 0.717) is 24.9 Å². The van der Waals surface area contributed by atoms with Crippen LogP contribution >= 0.6 is 0 Å². The molecule has 0 aromatic heterocycles. The molecule has 0 spiro atoms. The van der Waals surface area contributed by atoms with Crippen LogP contribution in [0, 0.1) is 0 Å². The third-order valence-electron chi connectivity index (χ3n) is 4.35. The maximum absolute atomic E-state index is 12.5. The number of nitrogens with zero attached hydrogens (tertiary/aromatic N) is 1. The summed E-state index contributed by atoms with van der Waals surface area (Å²) < 4.78 is 0. The van der Waals surface area contributed by atoms with Crippen molar-refractivity contribution >= 4 is 5.91 Å². The van der Waals surface area contributed by atoms with E-state index in [0.717, 1.165) is 25.7 Å². The molecule has 102 valence electrons. The molecule has 2 atom stereocenters. The van der Waals surface area contributed by atoms with Crippen LogP contribution in [0.5, 0.6) is 0 Å². The van der Waals surface area contributed by atoms with Crippen molar-refractivity contribution in [1.82, 2.24) is 4.90 Å². The van der Waals surface area contributed by atoms with Gasteiger partial charge in [0, 0.05) is 25.0 Å². The van der Waals surface area contributed by atoms with Crippen molar-refractivity contribution in [2.75, 3.05) is 6.54 Å². The Bertz CT molecular complexity index is 324. The molecule has 1 aliphatic heterocycles. The van der Waals surface area contributed by atoms with E-state index in [1.165, 1.54) is 24.8 Å². The molecule has 0 saturated carbocycles. The largest absolute Gasteiger partial charge is 0.335 e. The molecule has 2 unspecified atom stereocenters. The van der Waals surface area contributed by atoms with Crippen molar-refractivity contribution in [1.29, 1.82) is 0 Å². The molecular formula is C15H26N2O. The SMILES string of the molecule is CC1CCCC(CN)N1C(=O)CC1=CCCCC1. The normalized spacial score (nSPS) is 29.0. The van der Waals surface area contributed by atoms with Gasteiger partial charge in [0.25, 0.3) is 0 Å². The molecule has 0 aromatic carbocycles. The molecule has 1 saturated heterocycles. The van der Waals surface area contributed by atoms with Gasteiger partial charge in [-0.05, 0) is 51.9 Å². The first-order valence-corrected chi connectivity index (χ1v) is 7.41. The number of amides is 1. The summed E-state index contributed by atoms with van der Waals surface area (Å²) in [5, 5.41) is 0.